The zero-order chi connectivity index (χ0) is 24.8. The Bertz CT molecular complexity index is 2130. The van der Waals surface area contributed by atoms with Crippen molar-refractivity contribution in [3.8, 4) is 11.1 Å². The second-order valence-corrected chi connectivity index (χ2v) is 14.2. The third-order valence-electron chi connectivity index (χ3n) is 8.80. The Kier molecular flexibility index (Phi) is 3.87. The van der Waals surface area contributed by atoms with Gasteiger partial charge in [-0.1, -0.05) is 121 Å². The summed E-state index contributed by atoms with van der Waals surface area (Å²) in [6, 6.07) is 52.4. The minimum Gasteiger partial charge on any atom is -0.308 e. The highest BCUT2D eigenvalue weighted by Crippen LogP contribution is 2.41. The summed E-state index contributed by atoms with van der Waals surface area (Å²) < 4.78 is 2.52. The molecule has 0 fully saturated rings. The fourth-order valence-corrected chi connectivity index (χ4v) is 12.5. The predicted molar refractivity (Wildman–Crippen MR) is 164 cm³/mol. The lowest BCUT2D eigenvalue weighted by atomic mass is 10.0. The van der Waals surface area contributed by atoms with Gasteiger partial charge < -0.3 is 4.40 Å². The number of fused-ring (bicyclic) bond motifs is 9. The first-order valence-corrected chi connectivity index (χ1v) is 15.3. The van der Waals surface area contributed by atoms with E-state index in [9.17, 15) is 0 Å². The first-order chi connectivity index (χ1) is 18.9. The van der Waals surface area contributed by atoms with Crippen LogP contribution in [0.15, 0.2) is 140 Å². The molecule has 2 aromatic heterocycles. The van der Waals surface area contributed by atoms with E-state index in [1.165, 1.54) is 70.0 Å². The number of aromatic nitrogens is 1. The van der Waals surface area contributed by atoms with Crippen LogP contribution in [0.25, 0.3) is 49.2 Å². The lowest BCUT2D eigenvalue weighted by molar-refractivity contribution is 1.37. The van der Waals surface area contributed by atoms with Crippen LogP contribution in [-0.2, 0) is 0 Å². The Morgan fingerprint density at radius 3 is 1.76 bits per heavy atom. The van der Waals surface area contributed by atoms with Crippen molar-refractivity contribution in [2.75, 3.05) is 0 Å². The van der Waals surface area contributed by atoms with E-state index in [4.69, 9.17) is 0 Å². The van der Waals surface area contributed by atoms with E-state index in [1.54, 1.807) is 0 Å². The number of hydrogen-bond donors (Lipinski definition) is 0. The maximum absolute atomic E-state index is 2.56. The SMILES string of the molecule is c1ccc([Si]2(c3ccccc3)c3ccccc3-c3cc4c5cccc6c7ccccc7n(c4cc32)c65)cc1. The normalized spacial score (nSPS) is 14.0. The molecule has 0 saturated heterocycles. The van der Waals surface area contributed by atoms with Gasteiger partial charge in [0.2, 0.25) is 0 Å². The van der Waals surface area contributed by atoms with E-state index < -0.39 is 8.07 Å². The first kappa shape index (κ1) is 20.4. The molecule has 0 atom stereocenters. The quantitative estimate of drug-likeness (QED) is 0.251. The summed E-state index contributed by atoms with van der Waals surface area (Å²) in [6.07, 6.45) is 0. The summed E-state index contributed by atoms with van der Waals surface area (Å²) in [5, 5.41) is 11.2. The molecule has 0 N–H and O–H groups in total. The molecule has 1 aliphatic heterocycles. The van der Waals surface area contributed by atoms with Gasteiger partial charge in [-0.25, -0.2) is 0 Å². The van der Waals surface area contributed by atoms with Gasteiger partial charge in [0.25, 0.3) is 0 Å². The molecule has 2 heteroatoms. The molecule has 176 valence electrons. The average Bonchev–Trinajstić information content (AvgIpc) is 3.60. The number of nitrogens with zero attached hydrogens (tertiary/aromatic N) is 1. The maximum atomic E-state index is 2.56. The van der Waals surface area contributed by atoms with Gasteiger partial charge in [-0.2, -0.15) is 0 Å². The molecule has 0 bridgehead atoms. The highest BCUT2D eigenvalue weighted by molar-refractivity contribution is 7.22. The van der Waals surface area contributed by atoms with Crippen molar-refractivity contribution in [1.82, 2.24) is 4.40 Å². The highest BCUT2D eigenvalue weighted by atomic mass is 28.3. The van der Waals surface area contributed by atoms with Gasteiger partial charge >= 0.3 is 0 Å². The standard InChI is InChI=1S/C36H23NSi/c1-3-12-24(13-4-1)38(25-14-5-2-6-15-25)34-21-10-8-17-27(34)31-22-30-29-19-11-18-28-26-16-7-9-20-32(26)37(36(28)29)33(30)23-35(31)38/h1-23H. The first-order valence-electron chi connectivity index (χ1n) is 13.3. The molecule has 1 aliphatic rings. The van der Waals surface area contributed by atoms with E-state index in [0.717, 1.165) is 0 Å². The van der Waals surface area contributed by atoms with E-state index in [2.05, 4.69) is 144 Å². The maximum Gasteiger partial charge on any atom is 0.180 e. The van der Waals surface area contributed by atoms with Crippen molar-refractivity contribution < 1.29 is 0 Å². The third kappa shape index (κ3) is 2.33. The van der Waals surface area contributed by atoms with Crippen molar-refractivity contribution in [3.05, 3.63) is 140 Å². The highest BCUT2D eigenvalue weighted by Gasteiger charge is 2.48. The van der Waals surface area contributed by atoms with Crippen LogP contribution in [0, 0.1) is 0 Å². The molecular formula is C36H23NSi. The molecule has 0 saturated carbocycles. The number of rotatable bonds is 2. The molecule has 0 radical (unpaired) electrons. The molecule has 9 rings (SSSR count). The zero-order valence-electron chi connectivity index (χ0n) is 20.7. The van der Waals surface area contributed by atoms with E-state index in [1.807, 2.05) is 0 Å². The number of para-hydroxylation sites is 2. The molecule has 0 spiro atoms. The van der Waals surface area contributed by atoms with Gasteiger partial charge in [-0.15, -0.1) is 0 Å². The number of hydrogen-bond acceptors (Lipinski definition) is 0. The molecule has 0 unspecified atom stereocenters. The summed E-state index contributed by atoms with van der Waals surface area (Å²) in [5.41, 5.74) is 6.72. The lowest BCUT2D eigenvalue weighted by Gasteiger charge is -2.31. The van der Waals surface area contributed by atoms with E-state index >= 15 is 0 Å². The number of benzene rings is 6. The summed E-state index contributed by atoms with van der Waals surface area (Å²) >= 11 is 0. The van der Waals surface area contributed by atoms with Gasteiger partial charge in [0.15, 0.2) is 8.07 Å². The van der Waals surface area contributed by atoms with Crippen molar-refractivity contribution >= 4 is 66.9 Å². The zero-order valence-corrected chi connectivity index (χ0v) is 21.7. The predicted octanol–water partition coefficient (Wildman–Crippen LogP) is 6.19. The van der Waals surface area contributed by atoms with Crippen molar-refractivity contribution in [3.63, 3.8) is 0 Å². The molecular weight excluding hydrogens is 474 g/mol. The monoisotopic (exact) mass is 497 g/mol. The molecule has 8 aromatic rings. The van der Waals surface area contributed by atoms with Crippen LogP contribution in [0.4, 0.5) is 0 Å². The van der Waals surface area contributed by atoms with Gasteiger partial charge in [0.05, 0.1) is 16.6 Å². The fourth-order valence-electron chi connectivity index (χ4n) is 7.36. The van der Waals surface area contributed by atoms with E-state index in [0.29, 0.717) is 0 Å². The Hall–Kier alpha value is -4.66. The molecule has 6 aromatic carbocycles. The van der Waals surface area contributed by atoms with Crippen LogP contribution in [0.2, 0.25) is 0 Å². The Morgan fingerprint density at radius 1 is 0.395 bits per heavy atom. The van der Waals surface area contributed by atoms with Gasteiger partial charge in [-0.3, -0.25) is 0 Å². The van der Waals surface area contributed by atoms with Crippen LogP contribution in [0.1, 0.15) is 0 Å². The largest absolute Gasteiger partial charge is 0.308 e. The molecule has 38 heavy (non-hydrogen) atoms. The van der Waals surface area contributed by atoms with Gasteiger partial charge in [0, 0.05) is 21.5 Å². The van der Waals surface area contributed by atoms with E-state index in [-0.39, 0.29) is 0 Å². The minimum absolute atomic E-state index is 1.29. The molecule has 0 amide bonds. The van der Waals surface area contributed by atoms with Gasteiger partial charge in [-0.05, 0) is 50.1 Å². The topological polar surface area (TPSA) is 4.41 Å². The Morgan fingerprint density at radius 2 is 1.00 bits per heavy atom. The van der Waals surface area contributed by atoms with Crippen LogP contribution >= 0.6 is 0 Å². The summed E-state index contributed by atoms with van der Waals surface area (Å²) in [6.45, 7) is 0. The van der Waals surface area contributed by atoms with Crippen LogP contribution in [0.3, 0.4) is 0 Å². The summed E-state index contributed by atoms with van der Waals surface area (Å²) in [4.78, 5) is 0. The fraction of sp³-hybridized carbons (Fsp3) is 0. The van der Waals surface area contributed by atoms with Crippen LogP contribution < -0.4 is 20.7 Å². The molecule has 3 heterocycles. The molecule has 1 nitrogen and oxygen atoms in total. The minimum atomic E-state index is -2.52. The van der Waals surface area contributed by atoms with Crippen LogP contribution in [0.5, 0.6) is 0 Å². The second kappa shape index (κ2) is 7.22. The van der Waals surface area contributed by atoms with Gasteiger partial charge in [0.1, 0.15) is 0 Å². The molecule has 0 aliphatic carbocycles. The third-order valence-corrected chi connectivity index (χ3v) is 13.7. The van der Waals surface area contributed by atoms with Crippen molar-refractivity contribution in [2.45, 2.75) is 0 Å². The Labute approximate surface area is 221 Å². The average molecular weight is 498 g/mol. The van der Waals surface area contributed by atoms with Crippen LogP contribution in [-0.4, -0.2) is 12.5 Å². The Balaban J connectivity index is 1.53. The smallest absolute Gasteiger partial charge is 0.180 e. The lowest BCUT2D eigenvalue weighted by Crippen LogP contribution is -2.72. The second-order valence-electron chi connectivity index (χ2n) is 10.5. The van der Waals surface area contributed by atoms with Crippen molar-refractivity contribution in [2.24, 2.45) is 0 Å². The summed E-state index contributed by atoms with van der Waals surface area (Å²) in [5.74, 6) is 0. The van der Waals surface area contributed by atoms with Crippen molar-refractivity contribution in [1.29, 1.82) is 0 Å². The summed E-state index contributed by atoms with van der Waals surface area (Å²) in [7, 11) is -2.52.